The Hall–Kier alpha value is -0.120. The fourth-order valence-electron chi connectivity index (χ4n) is 3.61. The fraction of sp³-hybridized carbons (Fsp3) is 1.00. The Morgan fingerprint density at radius 3 is 2.59 bits per heavy atom. The second kappa shape index (κ2) is 6.17. The van der Waals surface area contributed by atoms with Gasteiger partial charge in [0.15, 0.2) is 0 Å². The van der Waals surface area contributed by atoms with Gasteiger partial charge in [0, 0.05) is 19.1 Å². The topological polar surface area (TPSA) is 32.5 Å². The molecule has 1 saturated carbocycles. The molecule has 2 fully saturated rings. The number of hydrogen-bond acceptors (Lipinski definition) is 3. The van der Waals surface area contributed by atoms with E-state index in [0.717, 1.165) is 24.4 Å². The fourth-order valence-corrected chi connectivity index (χ4v) is 3.61. The summed E-state index contributed by atoms with van der Waals surface area (Å²) in [5.74, 6) is 1.68. The van der Waals surface area contributed by atoms with E-state index in [0.29, 0.717) is 0 Å². The van der Waals surface area contributed by atoms with Crippen LogP contribution in [0.3, 0.4) is 0 Å². The van der Waals surface area contributed by atoms with Gasteiger partial charge in [-0.1, -0.05) is 6.42 Å². The molecule has 0 spiro atoms. The minimum absolute atomic E-state index is 0.765. The highest BCUT2D eigenvalue weighted by molar-refractivity contribution is 4.84. The van der Waals surface area contributed by atoms with Crippen molar-refractivity contribution in [3.8, 4) is 0 Å². The van der Waals surface area contributed by atoms with Crippen LogP contribution in [-0.2, 0) is 0 Å². The number of likely N-dealkylation sites (tertiary alicyclic amines) is 1. The molecule has 3 nitrogen and oxygen atoms in total. The van der Waals surface area contributed by atoms with E-state index in [1.165, 1.54) is 51.7 Å². The second-order valence-corrected chi connectivity index (χ2v) is 6.21. The molecule has 0 aromatic heterocycles. The second-order valence-electron chi connectivity index (χ2n) is 6.21. The van der Waals surface area contributed by atoms with Crippen molar-refractivity contribution < 1.29 is 0 Å². The van der Waals surface area contributed by atoms with Crippen LogP contribution >= 0.6 is 0 Å². The van der Waals surface area contributed by atoms with Crippen molar-refractivity contribution in [3.63, 3.8) is 0 Å². The molecule has 100 valence electrons. The van der Waals surface area contributed by atoms with Crippen molar-refractivity contribution in [1.29, 1.82) is 0 Å². The lowest BCUT2D eigenvalue weighted by atomic mass is 9.94. The van der Waals surface area contributed by atoms with Gasteiger partial charge in [-0.3, -0.25) is 0 Å². The van der Waals surface area contributed by atoms with Gasteiger partial charge in [0.25, 0.3) is 0 Å². The Kier molecular flexibility index (Phi) is 4.83. The van der Waals surface area contributed by atoms with Crippen LogP contribution in [0.5, 0.6) is 0 Å². The number of hydrogen-bond donors (Lipinski definition) is 1. The predicted octanol–water partition coefficient (Wildman–Crippen LogP) is 1.39. The summed E-state index contributed by atoms with van der Waals surface area (Å²) in [6.45, 7) is 4.76. The summed E-state index contributed by atoms with van der Waals surface area (Å²) in [5, 5.41) is 0. The number of rotatable bonds is 4. The van der Waals surface area contributed by atoms with E-state index in [1.807, 2.05) is 0 Å². The molecule has 1 saturated heterocycles. The molecule has 2 aliphatic rings. The standard InChI is InChI=1S/C14H29N3/c1-16(2)14-7-4-8-17(11-14)10-13-6-3-5-12(13)9-15/h12-14H,3-11,15H2,1-2H3. The summed E-state index contributed by atoms with van der Waals surface area (Å²) in [5.41, 5.74) is 5.88. The molecule has 1 heterocycles. The maximum absolute atomic E-state index is 5.88. The smallest absolute Gasteiger partial charge is 0.0217 e. The van der Waals surface area contributed by atoms with E-state index in [9.17, 15) is 0 Å². The molecule has 0 radical (unpaired) electrons. The maximum atomic E-state index is 5.88. The Labute approximate surface area is 106 Å². The van der Waals surface area contributed by atoms with Crippen LogP contribution in [0.25, 0.3) is 0 Å². The summed E-state index contributed by atoms with van der Waals surface area (Å²) < 4.78 is 0. The van der Waals surface area contributed by atoms with Gasteiger partial charge in [0.2, 0.25) is 0 Å². The van der Waals surface area contributed by atoms with Gasteiger partial charge in [0.1, 0.15) is 0 Å². The quantitative estimate of drug-likeness (QED) is 0.804. The van der Waals surface area contributed by atoms with Gasteiger partial charge in [-0.05, 0) is 64.7 Å². The summed E-state index contributed by atoms with van der Waals surface area (Å²) in [4.78, 5) is 5.08. The number of nitrogens with two attached hydrogens (primary N) is 1. The molecule has 3 unspecified atom stereocenters. The Balaban J connectivity index is 1.82. The van der Waals surface area contributed by atoms with Crippen molar-refractivity contribution >= 4 is 0 Å². The molecule has 1 aliphatic carbocycles. The molecule has 0 bridgehead atoms. The van der Waals surface area contributed by atoms with Crippen molar-refractivity contribution in [2.75, 3.05) is 40.3 Å². The summed E-state index contributed by atoms with van der Waals surface area (Å²) in [7, 11) is 4.43. The third-order valence-corrected chi connectivity index (χ3v) is 4.82. The Morgan fingerprint density at radius 2 is 1.88 bits per heavy atom. The van der Waals surface area contributed by atoms with Gasteiger partial charge in [-0.15, -0.1) is 0 Å². The van der Waals surface area contributed by atoms with Crippen LogP contribution in [-0.4, -0.2) is 56.1 Å². The summed E-state index contributed by atoms with van der Waals surface area (Å²) in [6.07, 6.45) is 6.91. The van der Waals surface area contributed by atoms with Crippen molar-refractivity contribution in [2.24, 2.45) is 17.6 Å². The third kappa shape index (κ3) is 3.43. The lowest BCUT2D eigenvalue weighted by Gasteiger charge is -2.38. The molecule has 0 amide bonds. The molecule has 1 aliphatic heterocycles. The lowest BCUT2D eigenvalue weighted by Crippen LogP contribution is -2.47. The molecule has 0 aromatic carbocycles. The van der Waals surface area contributed by atoms with E-state index in [4.69, 9.17) is 5.73 Å². The Bertz CT molecular complexity index is 230. The zero-order valence-electron chi connectivity index (χ0n) is 11.6. The van der Waals surface area contributed by atoms with Crippen molar-refractivity contribution in [2.45, 2.75) is 38.1 Å². The molecule has 2 N–H and O–H groups in total. The first-order valence-corrected chi connectivity index (χ1v) is 7.29. The van der Waals surface area contributed by atoms with Crippen LogP contribution in [0.2, 0.25) is 0 Å². The summed E-state index contributed by atoms with van der Waals surface area (Å²) in [6, 6.07) is 0.765. The molecule has 17 heavy (non-hydrogen) atoms. The highest BCUT2D eigenvalue weighted by atomic mass is 15.2. The van der Waals surface area contributed by atoms with Gasteiger partial charge >= 0.3 is 0 Å². The average molecular weight is 239 g/mol. The predicted molar refractivity (Wildman–Crippen MR) is 73.0 cm³/mol. The minimum atomic E-state index is 0.765. The van der Waals surface area contributed by atoms with Crippen molar-refractivity contribution in [1.82, 2.24) is 9.80 Å². The van der Waals surface area contributed by atoms with E-state index in [1.54, 1.807) is 0 Å². The first-order chi connectivity index (χ1) is 8.20. The highest BCUT2D eigenvalue weighted by Gasteiger charge is 2.29. The van der Waals surface area contributed by atoms with Crippen LogP contribution in [0, 0.1) is 11.8 Å². The third-order valence-electron chi connectivity index (χ3n) is 4.82. The number of likely N-dealkylation sites (N-methyl/N-ethyl adjacent to an activating group) is 1. The van der Waals surface area contributed by atoms with Gasteiger partial charge < -0.3 is 15.5 Å². The maximum Gasteiger partial charge on any atom is 0.0217 e. The molecular formula is C14H29N3. The molecular weight excluding hydrogens is 210 g/mol. The first-order valence-electron chi connectivity index (χ1n) is 7.29. The van der Waals surface area contributed by atoms with Crippen molar-refractivity contribution in [3.05, 3.63) is 0 Å². The molecule has 3 atom stereocenters. The normalized spacial score (nSPS) is 35.6. The largest absolute Gasteiger partial charge is 0.330 e. The van der Waals surface area contributed by atoms with E-state index in [-0.39, 0.29) is 0 Å². The van der Waals surface area contributed by atoms with Crippen LogP contribution < -0.4 is 5.73 Å². The average Bonchev–Trinajstić information content (AvgIpc) is 2.76. The van der Waals surface area contributed by atoms with E-state index >= 15 is 0 Å². The first kappa shape index (κ1) is 13.3. The molecule has 2 rings (SSSR count). The molecule has 0 aromatic rings. The van der Waals surface area contributed by atoms with Crippen LogP contribution in [0.15, 0.2) is 0 Å². The van der Waals surface area contributed by atoms with Gasteiger partial charge in [-0.25, -0.2) is 0 Å². The SMILES string of the molecule is CN(C)C1CCCN(CC2CCCC2CN)C1. The van der Waals surface area contributed by atoms with E-state index in [2.05, 4.69) is 23.9 Å². The van der Waals surface area contributed by atoms with Crippen LogP contribution in [0.1, 0.15) is 32.1 Å². The van der Waals surface area contributed by atoms with Gasteiger partial charge in [-0.2, -0.15) is 0 Å². The molecule has 3 heteroatoms. The monoisotopic (exact) mass is 239 g/mol. The summed E-state index contributed by atoms with van der Waals surface area (Å²) >= 11 is 0. The highest BCUT2D eigenvalue weighted by Crippen LogP contribution is 2.32. The minimum Gasteiger partial charge on any atom is -0.330 e. The number of piperidine rings is 1. The van der Waals surface area contributed by atoms with E-state index < -0.39 is 0 Å². The van der Waals surface area contributed by atoms with Crippen LogP contribution in [0.4, 0.5) is 0 Å². The zero-order valence-corrected chi connectivity index (χ0v) is 11.6. The van der Waals surface area contributed by atoms with Gasteiger partial charge in [0.05, 0.1) is 0 Å². The zero-order chi connectivity index (χ0) is 12.3. The Morgan fingerprint density at radius 1 is 1.12 bits per heavy atom. The number of nitrogens with zero attached hydrogens (tertiary/aromatic N) is 2. The lowest BCUT2D eigenvalue weighted by molar-refractivity contribution is 0.111.